The van der Waals surface area contributed by atoms with Gasteiger partial charge in [0.25, 0.3) is 0 Å². The number of ketones is 1. The molecule has 0 saturated carbocycles. The molecule has 0 saturated heterocycles. The Morgan fingerprint density at radius 1 is 0.706 bits per heavy atom. The van der Waals surface area contributed by atoms with Crippen molar-refractivity contribution in [2.75, 3.05) is 7.11 Å². The summed E-state index contributed by atoms with van der Waals surface area (Å²) in [5.74, 6) is 1.06. The lowest BCUT2D eigenvalue weighted by molar-refractivity contribution is 0.103. The summed E-state index contributed by atoms with van der Waals surface area (Å²) in [6.45, 7) is 6.77. The summed E-state index contributed by atoms with van der Waals surface area (Å²) in [5, 5.41) is 0. The van der Waals surface area contributed by atoms with Crippen LogP contribution in [-0.4, -0.2) is 12.9 Å². The van der Waals surface area contributed by atoms with E-state index in [9.17, 15) is 4.79 Å². The van der Waals surface area contributed by atoms with Gasteiger partial charge in [0.2, 0.25) is 5.78 Å². The van der Waals surface area contributed by atoms with E-state index in [0.29, 0.717) is 29.2 Å². The zero-order chi connectivity index (χ0) is 24.1. The van der Waals surface area contributed by atoms with E-state index in [-0.39, 0.29) is 11.2 Å². The van der Waals surface area contributed by atoms with Crippen LogP contribution in [0.5, 0.6) is 11.5 Å². The lowest BCUT2D eigenvalue weighted by Crippen LogP contribution is -2.17. The van der Waals surface area contributed by atoms with Gasteiger partial charge in [-0.15, -0.1) is 0 Å². The van der Waals surface area contributed by atoms with E-state index in [1.54, 1.807) is 7.11 Å². The molecule has 0 aromatic heterocycles. The molecule has 0 bridgehead atoms. The topological polar surface area (TPSA) is 35.5 Å². The van der Waals surface area contributed by atoms with Crippen LogP contribution in [0.4, 0.5) is 0 Å². The number of methoxy groups -OCH3 is 1. The van der Waals surface area contributed by atoms with Crippen molar-refractivity contribution in [2.45, 2.75) is 32.8 Å². The van der Waals surface area contributed by atoms with Gasteiger partial charge < -0.3 is 9.47 Å². The number of benzene rings is 4. The Balaban J connectivity index is 1.81. The maximum Gasteiger partial charge on any atom is 0.200 e. The second-order valence-corrected chi connectivity index (χ2v) is 9.29. The lowest BCUT2D eigenvalue weighted by Gasteiger charge is -2.25. The zero-order valence-electron chi connectivity index (χ0n) is 20.2. The van der Waals surface area contributed by atoms with Gasteiger partial charge in [-0.25, -0.2) is 0 Å². The molecule has 0 fully saturated rings. The van der Waals surface area contributed by atoms with Crippen LogP contribution in [0.25, 0.3) is 11.1 Å². The molecule has 3 nitrogen and oxygen atoms in total. The van der Waals surface area contributed by atoms with Crippen molar-refractivity contribution in [2.24, 2.45) is 0 Å². The first-order valence-corrected chi connectivity index (χ1v) is 11.5. The van der Waals surface area contributed by atoms with Gasteiger partial charge >= 0.3 is 0 Å². The average Bonchev–Trinajstić information content (AvgIpc) is 2.87. The van der Waals surface area contributed by atoms with Gasteiger partial charge in [-0.1, -0.05) is 106 Å². The second kappa shape index (κ2) is 9.96. The van der Waals surface area contributed by atoms with E-state index in [1.807, 2.05) is 97.1 Å². The highest BCUT2D eigenvalue weighted by molar-refractivity contribution is 6.13. The van der Waals surface area contributed by atoms with Gasteiger partial charge in [0.15, 0.2) is 0 Å². The van der Waals surface area contributed by atoms with Crippen LogP contribution in [0.2, 0.25) is 0 Å². The summed E-state index contributed by atoms with van der Waals surface area (Å²) in [6, 6.07) is 31.4. The molecule has 0 atom stereocenters. The Bertz CT molecular complexity index is 1270. The van der Waals surface area contributed by atoms with Gasteiger partial charge in [-0.05, 0) is 28.7 Å². The Hall–Kier alpha value is -3.85. The minimum Gasteiger partial charge on any atom is -0.495 e. The first kappa shape index (κ1) is 23.3. The molecule has 4 aromatic rings. The number of hydrogen-bond donors (Lipinski definition) is 0. The number of hydrogen-bond acceptors (Lipinski definition) is 3. The molecule has 0 amide bonds. The molecule has 172 valence electrons. The van der Waals surface area contributed by atoms with E-state index >= 15 is 0 Å². The maximum atomic E-state index is 14.0. The Morgan fingerprint density at radius 3 is 1.91 bits per heavy atom. The van der Waals surface area contributed by atoms with E-state index in [0.717, 1.165) is 22.3 Å². The normalized spacial score (nSPS) is 11.2. The van der Waals surface area contributed by atoms with Crippen LogP contribution in [0, 0.1) is 0 Å². The molecule has 4 rings (SSSR count). The lowest BCUT2D eigenvalue weighted by atomic mass is 9.84. The highest BCUT2D eigenvalue weighted by Gasteiger charge is 2.27. The van der Waals surface area contributed by atoms with Crippen molar-refractivity contribution in [1.29, 1.82) is 0 Å². The first-order valence-electron chi connectivity index (χ1n) is 11.5. The van der Waals surface area contributed by atoms with Gasteiger partial charge in [-0.3, -0.25) is 4.79 Å². The quantitative estimate of drug-likeness (QED) is 0.274. The molecule has 0 aliphatic heterocycles. The monoisotopic (exact) mass is 450 g/mol. The van der Waals surface area contributed by atoms with Crippen LogP contribution in [0.15, 0.2) is 97.1 Å². The summed E-state index contributed by atoms with van der Waals surface area (Å²) in [5.41, 5.74) is 4.77. The third-order valence-corrected chi connectivity index (χ3v) is 5.84. The second-order valence-electron chi connectivity index (χ2n) is 9.29. The number of ether oxygens (including phenoxy) is 2. The van der Waals surface area contributed by atoms with Crippen molar-refractivity contribution in [1.82, 2.24) is 0 Å². The van der Waals surface area contributed by atoms with Crippen LogP contribution in [0.3, 0.4) is 0 Å². The fourth-order valence-electron chi connectivity index (χ4n) is 4.12. The standard InChI is InChI=1S/C31H30O3/c1-31(2,3)27-20-12-19-26(30(27)34-21-22-13-7-5-8-14-22)28(32)25-18-11-17-24(29(25)33-4)23-15-9-6-10-16-23/h5-20H,21H2,1-4H3. The van der Waals surface area contributed by atoms with Crippen LogP contribution >= 0.6 is 0 Å². The van der Waals surface area contributed by atoms with E-state index < -0.39 is 0 Å². The van der Waals surface area contributed by atoms with Crippen LogP contribution in [0.1, 0.15) is 47.8 Å². The fraction of sp³-hybridized carbons (Fsp3) is 0.194. The Kier molecular flexibility index (Phi) is 6.83. The van der Waals surface area contributed by atoms with Crippen molar-refractivity contribution in [3.63, 3.8) is 0 Å². The molecule has 3 heteroatoms. The van der Waals surface area contributed by atoms with Crippen molar-refractivity contribution < 1.29 is 14.3 Å². The van der Waals surface area contributed by atoms with Crippen molar-refractivity contribution in [3.8, 4) is 22.6 Å². The molecule has 0 aliphatic carbocycles. The zero-order valence-corrected chi connectivity index (χ0v) is 20.2. The minimum atomic E-state index is -0.196. The van der Waals surface area contributed by atoms with Gasteiger partial charge in [-0.2, -0.15) is 0 Å². The molecule has 0 radical (unpaired) electrons. The smallest absolute Gasteiger partial charge is 0.200 e. The fourth-order valence-corrected chi connectivity index (χ4v) is 4.12. The van der Waals surface area contributed by atoms with E-state index in [1.165, 1.54) is 0 Å². The molecule has 0 aliphatic rings. The molecule has 0 N–H and O–H groups in total. The number of rotatable bonds is 7. The predicted octanol–water partition coefficient (Wildman–Crippen LogP) is 7.47. The molecule has 0 spiro atoms. The van der Waals surface area contributed by atoms with Gasteiger partial charge in [0, 0.05) is 11.1 Å². The molecule has 34 heavy (non-hydrogen) atoms. The summed E-state index contributed by atoms with van der Waals surface area (Å²) in [6.07, 6.45) is 0. The Labute approximate surface area is 202 Å². The molecule has 0 unspecified atom stereocenters. The SMILES string of the molecule is COc1c(C(=O)c2cccc(C(C)(C)C)c2OCc2ccccc2)cccc1-c1ccccc1. The number of carbonyl (C=O) groups excluding carboxylic acids is 1. The highest BCUT2D eigenvalue weighted by atomic mass is 16.5. The van der Waals surface area contributed by atoms with Crippen molar-refractivity contribution >= 4 is 5.78 Å². The predicted molar refractivity (Wildman–Crippen MR) is 138 cm³/mol. The van der Waals surface area contributed by atoms with Crippen LogP contribution in [-0.2, 0) is 12.0 Å². The molecule has 4 aromatic carbocycles. The molecular formula is C31H30O3. The Morgan fingerprint density at radius 2 is 1.29 bits per heavy atom. The molecule has 0 heterocycles. The maximum absolute atomic E-state index is 14.0. The average molecular weight is 451 g/mol. The minimum absolute atomic E-state index is 0.121. The van der Waals surface area contributed by atoms with Crippen molar-refractivity contribution in [3.05, 3.63) is 119 Å². The summed E-state index contributed by atoms with van der Waals surface area (Å²) < 4.78 is 12.1. The van der Waals surface area contributed by atoms with Gasteiger partial charge in [0.1, 0.15) is 18.1 Å². The largest absolute Gasteiger partial charge is 0.495 e. The highest BCUT2D eigenvalue weighted by Crippen LogP contribution is 2.39. The third kappa shape index (κ3) is 4.89. The van der Waals surface area contributed by atoms with E-state index in [4.69, 9.17) is 9.47 Å². The molecular weight excluding hydrogens is 420 g/mol. The number of para-hydroxylation sites is 2. The third-order valence-electron chi connectivity index (χ3n) is 5.84. The van der Waals surface area contributed by atoms with Gasteiger partial charge in [0.05, 0.1) is 18.2 Å². The summed E-state index contributed by atoms with van der Waals surface area (Å²) in [4.78, 5) is 14.0. The number of carbonyl (C=O) groups is 1. The first-order chi connectivity index (χ1) is 16.4. The van der Waals surface area contributed by atoms with Crippen LogP contribution < -0.4 is 9.47 Å². The van der Waals surface area contributed by atoms with E-state index in [2.05, 4.69) is 20.8 Å². The summed E-state index contributed by atoms with van der Waals surface area (Å²) >= 11 is 0. The summed E-state index contributed by atoms with van der Waals surface area (Å²) in [7, 11) is 1.61.